The van der Waals surface area contributed by atoms with E-state index < -0.39 is 0 Å². The Labute approximate surface area is 126 Å². The van der Waals surface area contributed by atoms with Crippen LogP contribution in [0, 0.1) is 5.82 Å². The van der Waals surface area contributed by atoms with E-state index in [1.807, 2.05) is 24.3 Å². The summed E-state index contributed by atoms with van der Waals surface area (Å²) in [5.41, 5.74) is 4.62. The lowest BCUT2D eigenvalue weighted by atomic mass is 9.99. The fraction of sp³-hybridized carbons (Fsp3) is 0.200. The Bertz CT molecular complexity index is 592. The van der Waals surface area contributed by atoms with Gasteiger partial charge in [-0.05, 0) is 57.7 Å². The van der Waals surface area contributed by atoms with Gasteiger partial charge in [-0.3, -0.25) is 11.3 Å². The molecule has 0 amide bonds. The second-order valence-electron chi connectivity index (χ2n) is 4.45. The van der Waals surface area contributed by atoms with Crippen LogP contribution in [-0.2, 0) is 6.42 Å². The van der Waals surface area contributed by atoms with Crippen molar-refractivity contribution in [3.63, 3.8) is 0 Å². The smallest absolute Gasteiger partial charge is 0.133 e. The number of halogens is 2. The van der Waals surface area contributed by atoms with Crippen LogP contribution in [0.4, 0.5) is 4.39 Å². The molecule has 0 aromatic heterocycles. The summed E-state index contributed by atoms with van der Waals surface area (Å²) in [7, 11) is 1.62. The van der Waals surface area contributed by atoms with E-state index in [1.165, 1.54) is 12.1 Å². The van der Waals surface area contributed by atoms with Gasteiger partial charge >= 0.3 is 0 Å². The Hall–Kier alpha value is -1.43. The molecule has 1 atom stereocenters. The normalized spacial score (nSPS) is 12.2. The lowest BCUT2D eigenvalue weighted by Gasteiger charge is -2.17. The van der Waals surface area contributed by atoms with Gasteiger partial charge in [-0.2, -0.15) is 0 Å². The standard InChI is InChI=1S/C15H16BrFN2O/c1-20-15-6-5-10(7-13(15)16)8-14(19-18)11-3-2-4-12(17)9-11/h2-7,9,14,19H,8,18H2,1H3. The number of nitrogens with two attached hydrogens (primary N) is 1. The fourth-order valence-electron chi connectivity index (χ4n) is 2.07. The topological polar surface area (TPSA) is 47.3 Å². The molecule has 0 spiro atoms. The second-order valence-corrected chi connectivity index (χ2v) is 5.30. The molecule has 0 saturated carbocycles. The Morgan fingerprint density at radius 1 is 1.30 bits per heavy atom. The molecule has 2 aromatic carbocycles. The highest BCUT2D eigenvalue weighted by atomic mass is 79.9. The summed E-state index contributed by atoms with van der Waals surface area (Å²) in [6.45, 7) is 0. The molecule has 2 rings (SSSR count). The van der Waals surface area contributed by atoms with Gasteiger partial charge in [-0.15, -0.1) is 0 Å². The Morgan fingerprint density at radius 2 is 2.10 bits per heavy atom. The van der Waals surface area contributed by atoms with Gasteiger partial charge in [-0.1, -0.05) is 18.2 Å². The van der Waals surface area contributed by atoms with Crippen molar-refractivity contribution in [1.29, 1.82) is 0 Å². The van der Waals surface area contributed by atoms with Gasteiger partial charge < -0.3 is 4.74 Å². The Kier molecular flexibility index (Phi) is 5.11. The van der Waals surface area contributed by atoms with Gasteiger partial charge in [0.25, 0.3) is 0 Å². The SMILES string of the molecule is COc1ccc(CC(NN)c2cccc(F)c2)cc1Br. The molecule has 2 aromatic rings. The number of rotatable bonds is 5. The molecular formula is C15H16BrFN2O. The molecule has 20 heavy (non-hydrogen) atoms. The highest BCUT2D eigenvalue weighted by Gasteiger charge is 2.12. The van der Waals surface area contributed by atoms with Crippen LogP contribution >= 0.6 is 15.9 Å². The monoisotopic (exact) mass is 338 g/mol. The third-order valence-electron chi connectivity index (χ3n) is 3.11. The van der Waals surface area contributed by atoms with E-state index in [-0.39, 0.29) is 11.9 Å². The van der Waals surface area contributed by atoms with Crippen molar-refractivity contribution in [3.05, 3.63) is 63.9 Å². The number of methoxy groups -OCH3 is 1. The predicted octanol–water partition coefficient (Wildman–Crippen LogP) is 3.34. The summed E-state index contributed by atoms with van der Waals surface area (Å²) in [4.78, 5) is 0. The van der Waals surface area contributed by atoms with E-state index in [2.05, 4.69) is 21.4 Å². The minimum absolute atomic E-state index is 0.147. The number of ether oxygens (including phenoxy) is 1. The van der Waals surface area contributed by atoms with Crippen LogP contribution in [0.5, 0.6) is 5.75 Å². The number of nitrogens with one attached hydrogen (secondary N) is 1. The van der Waals surface area contributed by atoms with Gasteiger partial charge in [0.2, 0.25) is 0 Å². The fourth-order valence-corrected chi connectivity index (χ4v) is 2.66. The summed E-state index contributed by atoms with van der Waals surface area (Å²) in [6.07, 6.45) is 0.655. The van der Waals surface area contributed by atoms with Crippen molar-refractivity contribution >= 4 is 15.9 Å². The van der Waals surface area contributed by atoms with Crippen molar-refractivity contribution in [2.45, 2.75) is 12.5 Å². The zero-order valence-electron chi connectivity index (χ0n) is 11.1. The Balaban J connectivity index is 2.20. The number of hydrogen-bond donors (Lipinski definition) is 2. The first-order valence-corrected chi connectivity index (χ1v) is 6.97. The van der Waals surface area contributed by atoms with Crippen LogP contribution in [0.1, 0.15) is 17.2 Å². The quantitative estimate of drug-likeness (QED) is 0.649. The average molecular weight is 339 g/mol. The highest BCUT2D eigenvalue weighted by molar-refractivity contribution is 9.10. The molecule has 0 fully saturated rings. The van der Waals surface area contributed by atoms with E-state index in [0.717, 1.165) is 21.3 Å². The van der Waals surface area contributed by atoms with Gasteiger partial charge in [0.15, 0.2) is 0 Å². The molecule has 0 aliphatic carbocycles. The molecule has 3 N–H and O–H groups in total. The molecule has 5 heteroatoms. The molecular weight excluding hydrogens is 323 g/mol. The molecule has 0 aliphatic rings. The highest BCUT2D eigenvalue weighted by Crippen LogP contribution is 2.27. The third-order valence-corrected chi connectivity index (χ3v) is 3.73. The second kappa shape index (κ2) is 6.83. The summed E-state index contributed by atoms with van der Waals surface area (Å²) >= 11 is 3.45. The van der Waals surface area contributed by atoms with Crippen LogP contribution < -0.4 is 16.0 Å². The van der Waals surface area contributed by atoms with Crippen LogP contribution in [0.2, 0.25) is 0 Å². The number of hydrazine groups is 1. The largest absolute Gasteiger partial charge is 0.496 e. The van der Waals surface area contributed by atoms with Gasteiger partial charge in [0.1, 0.15) is 11.6 Å². The molecule has 0 saturated heterocycles. The minimum Gasteiger partial charge on any atom is -0.496 e. The van der Waals surface area contributed by atoms with Crippen molar-refractivity contribution < 1.29 is 9.13 Å². The molecule has 106 valence electrons. The van der Waals surface area contributed by atoms with Crippen molar-refractivity contribution in [3.8, 4) is 5.75 Å². The molecule has 0 heterocycles. The molecule has 0 bridgehead atoms. The zero-order valence-corrected chi connectivity index (χ0v) is 12.7. The molecule has 3 nitrogen and oxygen atoms in total. The van der Waals surface area contributed by atoms with E-state index in [1.54, 1.807) is 13.2 Å². The first kappa shape index (κ1) is 15.0. The maximum absolute atomic E-state index is 13.3. The predicted molar refractivity (Wildman–Crippen MR) is 80.9 cm³/mol. The lowest BCUT2D eigenvalue weighted by Crippen LogP contribution is -2.29. The molecule has 0 aliphatic heterocycles. The van der Waals surface area contributed by atoms with Gasteiger partial charge in [0, 0.05) is 0 Å². The lowest BCUT2D eigenvalue weighted by molar-refractivity contribution is 0.412. The van der Waals surface area contributed by atoms with E-state index in [0.29, 0.717) is 6.42 Å². The number of hydrogen-bond acceptors (Lipinski definition) is 3. The third kappa shape index (κ3) is 3.56. The van der Waals surface area contributed by atoms with Crippen molar-refractivity contribution in [2.24, 2.45) is 5.84 Å². The first-order valence-electron chi connectivity index (χ1n) is 6.18. The zero-order chi connectivity index (χ0) is 14.5. The van der Waals surface area contributed by atoms with Crippen molar-refractivity contribution in [2.75, 3.05) is 7.11 Å². The maximum Gasteiger partial charge on any atom is 0.133 e. The minimum atomic E-state index is -0.265. The Morgan fingerprint density at radius 3 is 2.70 bits per heavy atom. The summed E-state index contributed by atoms with van der Waals surface area (Å²) in [6, 6.07) is 12.1. The van der Waals surface area contributed by atoms with E-state index in [9.17, 15) is 4.39 Å². The first-order chi connectivity index (χ1) is 9.63. The molecule has 0 radical (unpaired) electrons. The van der Waals surface area contributed by atoms with E-state index in [4.69, 9.17) is 10.6 Å². The molecule has 1 unspecified atom stereocenters. The summed E-state index contributed by atoms with van der Waals surface area (Å²) in [5.74, 6) is 6.10. The number of benzene rings is 2. The maximum atomic E-state index is 13.3. The average Bonchev–Trinajstić information content (AvgIpc) is 2.45. The van der Waals surface area contributed by atoms with Gasteiger partial charge in [-0.25, -0.2) is 4.39 Å². The van der Waals surface area contributed by atoms with Crippen LogP contribution in [-0.4, -0.2) is 7.11 Å². The summed E-state index contributed by atoms with van der Waals surface area (Å²) < 4.78 is 19.3. The van der Waals surface area contributed by atoms with Crippen molar-refractivity contribution in [1.82, 2.24) is 5.43 Å². The summed E-state index contributed by atoms with van der Waals surface area (Å²) in [5, 5.41) is 0. The van der Waals surface area contributed by atoms with Crippen LogP contribution in [0.3, 0.4) is 0 Å². The van der Waals surface area contributed by atoms with Gasteiger partial charge in [0.05, 0.1) is 17.6 Å². The van der Waals surface area contributed by atoms with Crippen LogP contribution in [0.15, 0.2) is 46.9 Å². The van der Waals surface area contributed by atoms with Crippen LogP contribution in [0.25, 0.3) is 0 Å². The van der Waals surface area contributed by atoms with E-state index >= 15 is 0 Å².